The molecule has 1 aromatic carbocycles. The summed E-state index contributed by atoms with van der Waals surface area (Å²) in [7, 11) is 0. The highest BCUT2D eigenvalue weighted by atomic mass is 32.1. The number of hydrogen-bond donors (Lipinski definition) is 0. The van der Waals surface area contributed by atoms with Crippen LogP contribution >= 0.6 is 11.3 Å². The molecular weight excluding hydrogens is 382 g/mol. The normalized spacial score (nSPS) is 14.6. The standard InChI is InChI=1S/C23H27N3O2S/c1-19-5-2-6-20(15-19)25-9-11-26(12-10-25)23(27)18-24(16-21-7-3-13-28-21)17-22-8-4-14-29-22/h2-8,13-15H,9-12,16-18H2,1H3. The van der Waals surface area contributed by atoms with E-state index in [0.717, 1.165) is 38.5 Å². The predicted octanol–water partition coefficient (Wildman–Crippen LogP) is 4.00. The van der Waals surface area contributed by atoms with Crippen LogP contribution < -0.4 is 4.90 Å². The van der Waals surface area contributed by atoms with Gasteiger partial charge in [-0.25, -0.2) is 0 Å². The number of furan rings is 1. The van der Waals surface area contributed by atoms with Crippen molar-refractivity contribution in [1.82, 2.24) is 9.80 Å². The molecule has 0 spiro atoms. The average Bonchev–Trinajstić information content (AvgIpc) is 3.42. The third kappa shape index (κ3) is 5.28. The summed E-state index contributed by atoms with van der Waals surface area (Å²) in [5.74, 6) is 1.08. The SMILES string of the molecule is Cc1cccc(N2CCN(C(=O)CN(Cc3ccco3)Cc3cccs3)CC2)c1. The van der Waals surface area contributed by atoms with E-state index in [1.165, 1.54) is 16.1 Å². The van der Waals surface area contributed by atoms with E-state index in [0.29, 0.717) is 13.1 Å². The maximum absolute atomic E-state index is 13.0. The highest BCUT2D eigenvalue weighted by molar-refractivity contribution is 7.09. The fraction of sp³-hybridized carbons (Fsp3) is 0.348. The van der Waals surface area contributed by atoms with Crippen LogP contribution in [0.15, 0.2) is 64.6 Å². The van der Waals surface area contributed by atoms with Gasteiger partial charge in [0, 0.05) is 43.3 Å². The first kappa shape index (κ1) is 19.7. The number of carbonyl (C=O) groups is 1. The molecule has 0 bridgehead atoms. The summed E-state index contributed by atoms with van der Waals surface area (Å²) in [4.78, 5) is 20.8. The van der Waals surface area contributed by atoms with Gasteiger partial charge in [0.05, 0.1) is 19.4 Å². The zero-order chi connectivity index (χ0) is 20.1. The van der Waals surface area contributed by atoms with Crippen molar-refractivity contribution in [2.45, 2.75) is 20.0 Å². The summed E-state index contributed by atoms with van der Waals surface area (Å²) in [6.07, 6.45) is 1.69. The summed E-state index contributed by atoms with van der Waals surface area (Å²) in [5.41, 5.74) is 2.51. The van der Waals surface area contributed by atoms with Crippen LogP contribution in [0.2, 0.25) is 0 Å². The molecule has 0 N–H and O–H groups in total. The molecule has 1 fully saturated rings. The van der Waals surface area contributed by atoms with Crippen LogP contribution in [0, 0.1) is 6.92 Å². The molecule has 1 saturated heterocycles. The maximum Gasteiger partial charge on any atom is 0.236 e. The Morgan fingerprint density at radius 3 is 2.62 bits per heavy atom. The van der Waals surface area contributed by atoms with Crippen molar-refractivity contribution >= 4 is 22.9 Å². The van der Waals surface area contributed by atoms with Crippen LogP contribution in [0.5, 0.6) is 0 Å². The van der Waals surface area contributed by atoms with Crippen LogP contribution in [-0.2, 0) is 17.9 Å². The first-order valence-electron chi connectivity index (χ1n) is 10.0. The van der Waals surface area contributed by atoms with E-state index in [1.807, 2.05) is 17.0 Å². The summed E-state index contributed by atoms with van der Waals surface area (Å²) in [6.45, 7) is 7.19. The number of thiophene rings is 1. The lowest BCUT2D eigenvalue weighted by molar-refractivity contribution is -0.133. The second-order valence-electron chi connectivity index (χ2n) is 7.51. The van der Waals surface area contributed by atoms with E-state index in [4.69, 9.17) is 4.42 Å². The molecule has 0 saturated carbocycles. The van der Waals surface area contributed by atoms with E-state index in [2.05, 4.69) is 58.5 Å². The Kier molecular flexibility index (Phi) is 6.32. The fourth-order valence-electron chi connectivity index (χ4n) is 3.74. The number of hydrogen-bond acceptors (Lipinski definition) is 5. The zero-order valence-corrected chi connectivity index (χ0v) is 17.6. The lowest BCUT2D eigenvalue weighted by atomic mass is 10.2. The topological polar surface area (TPSA) is 39.9 Å². The molecule has 4 rings (SSSR count). The molecular formula is C23H27N3O2S. The van der Waals surface area contributed by atoms with Crippen molar-refractivity contribution in [3.05, 3.63) is 76.4 Å². The minimum Gasteiger partial charge on any atom is -0.468 e. The zero-order valence-electron chi connectivity index (χ0n) is 16.8. The van der Waals surface area contributed by atoms with Crippen molar-refractivity contribution in [1.29, 1.82) is 0 Å². The van der Waals surface area contributed by atoms with Gasteiger partial charge in [0.15, 0.2) is 0 Å². The predicted molar refractivity (Wildman–Crippen MR) is 117 cm³/mol. The van der Waals surface area contributed by atoms with Gasteiger partial charge in [0.1, 0.15) is 5.76 Å². The second-order valence-corrected chi connectivity index (χ2v) is 8.54. The van der Waals surface area contributed by atoms with Crippen molar-refractivity contribution in [3.63, 3.8) is 0 Å². The third-order valence-corrected chi connectivity index (χ3v) is 6.14. The van der Waals surface area contributed by atoms with E-state index < -0.39 is 0 Å². The molecule has 1 aliphatic heterocycles. The Balaban J connectivity index is 1.35. The summed E-state index contributed by atoms with van der Waals surface area (Å²) in [5, 5.41) is 2.08. The van der Waals surface area contributed by atoms with Gasteiger partial charge in [-0.3, -0.25) is 9.69 Å². The lowest BCUT2D eigenvalue weighted by Gasteiger charge is -2.37. The van der Waals surface area contributed by atoms with E-state index in [9.17, 15) is 4.79 Å². The summed E-state index contributed by atoms with van der Waals surface area (Å²) < 4.78 is 5.51. The van der Waals surface area contributed by atoms with Gasteiger partial charge >= 0.3 is 0 Å². The van der Waals surface area contributed by atoms with Crippen molar-refractivity contribution < 1.29 is 9.21 Å². The highest BCUT2D eigenvalue weighted by Gasteiger charge is 2.23. The fourth-order valence-corrected chi connectivity index (χ4v) is 4.49. The van der Waals surface area contributed by atoms with Gasteiger partial charge in [-0.1, -0.05) is 18.2 Å². The molecule has 0 unspecified atom stereocenters. The largest absolute Gasteiger partial charge is 0.468 e. The summed E-state index contributed by atoms with van der Waals surface area (Å²) >= 11 is 1.72. The molecule has 3 aromatic rings. The van der Waals surface area contributed by atoms with Crippen LogP contribution in [0.3, 0.4) is 0 Å². The van der Waals surface area contributed by atoms with Crippen molar-refractivity contribution in [2.24, 2.45) is 0 Å². The van der Waals surface area contributed by atoms with Crippen LogP contribution in [0.4, 0.5) is 5.69 Å². The molecule has 0 radical (unpaired) electrons. The Bertz CT molecular complexity index is 864. The first-order chi connectivity index (χ1) is 14.2. The number of amides is 1. The minimum atomic E-state index is 0.192. The van der Waals surface area contributed by atoms with Crippen LogP contribution in [0.25, 0.3) is 0 Å². The molecule has 152 valence electrons. The van der Waals surface area contributed by atoms with Gasteiger partial charge in [-0.2, -0.15) is 0 Å². The highest BCUT2D eigenvalue weighted by Crippen LogP contribution is 2.19. The Labute approximate surface area is 176 Å². The quantitative estimate of drug-likeness (QED) is 0.591. The third-order valence-electron chi connectivity index (χ3n) is 5.28. The number of benzene rings is 1. The molecule has 1 amide bonds. The Morgan fingerprint density at radius 2 is 1.93 bits per heavy atom. The van der Waals surface area contributed by atoms with E-state index in [1.54, 1.807) is 17.6 Å². The van der Waals surface area contributed by atoms with E-state index in [-0.39, 0.29) is 5.91 Å². The van der Waals surface area contributed by atoms with Crippen molar-refractivity contribution in [3.8, 4) is 0 Å². The Morgan fingerprint density at radius 1 is 1.07 bits per heavy atom. The van der Waals surface area contributed by atoms with Crippen molar-refractivity contribution in [2.75, 3.05) is 37.6 Å². The average molecular weight is 410 g/mol. The molecule has 6 heteroatoms. The van der Waals surface area contributed by atoms with Gasteiger partial charge in [-0.15, -0.1) is 11.3 Å². The smallest absolute Gasteiger partial charge is 0.236 e. The number of piperazine rings is 1. The summed E-state index contributed by atoms with van der Waals surface area (Å²) in [6, 6.07) is 16.6. The van der Waals surface area contributed by atoms with Gasteiger partial charge in [0.25, 0.3) is 0 Å². The monoisotopic (exact) mass is 409 g/mol. The molecule has 5 nitrogen and oxygen atoms in total. The lowest BCUT2D eigenvalue weighted by Crippen LogP contribution is -2.51. The Hall–Kier alpha value is -2.57. The van der Waals surface area contributed by atoms with Crippen LogP contribution in [0.1, 0.15) is 16.2 Å². The molecule has 2 aromatic heterocycles. The number of rotatable bonds is 7. The van der Waals surface area contributed by atoms with Gasteiger partial charge in [0.2, 0.25) is 5.91 Å². The molecule has 0 aliphatic carbocycles. The van der Waals surface area contributed by atoms with Gasteiger partial charge in [-0.05, 0) is 48.2 Å². The minimum absolute atomic E-state index is 0.192. The first-order valence-corrected chi connectivity index (χ1v) is 10.9. The molecule has 0 atom stereocenters. The second kappa shape index (κ2) is 9.29. The molecule has 3 heterocycles. The van der Waals surface area contributed by atoms with Crippen LogP contribution in [-0.4, -0.2) is 48.4 Å². The number of aryl methyl sites for hydroxylation is 1. The number of carbonyl (C=O) groups excluding carboxylic acids is 1. The number of nitrogens with zero attached hydrogens (tertiary/aromatic N) is 3. The number of anilines is 1. The molecule has 29 heavy (non-hydrogen) atoms. The maximum atomic E-state index is 13.0. The van der Waals surface area contributed by atoms with E-state index >= 15 is 0 Å². The van der Waals surface area contributed by atoms with Gasteiger partial charge < -0.3 is 14.2 Å². The molecule has 1 aliphatic rings.